The molecule has 5 rings (SSSR count). The number of hydrogen-bond acceptors (Lipinski definition) is 3. The highest BCUT2D eigenvalue weighted by Gasteiger charge is 2.16. The summed E-state index contributed by atoms with van der Waals surface area (Å²) in [4.78, 5) is 26.1. The zero-order valence-electron chi connectivity index (χ0n) is 19.0. The number of rotatable bonds is 5. The lowest BCUT2D eigenvalue weighted by atomic mass is 10.1. The van der Waals surface area contributed by atoms with Gasteiger partial charge in [-0.2, -0.15) is 0 Å². The van der Waals surface area contributed by atoms with Crippen LogP contribution >= 0.6 is 0 Å². The minimum Gasteiger partial charge on any atom is -0.508 e. The molecule has 0 unspecified atom stereocenters. The Hall–Kier alpha value is -4.84. The molecule has 6 heteroatoms. The van der Waals surface area contributed by atoms with Gasteiger partial charge in [-0.05, 0) is 54.1 Å². The lowest BCUT2D eigenvalue weighted by Crippen LogP contribution is -2.30. The van der Waals surface area contributed by atoms with Gasteiger partial charge in [0.05, 0.1) is 0 Å². The van der Waals surface area contributed by atoms with Crippen LogP contribution in [0.15, 0.2) is 103 Å². The number of para-hydroxylation sites is 1. The number of carbonyl (C=O) groups excluding carboxylic acids is 2. The van der Waals surface area contributed by atoms with E-state index in [4.69, 9.17) is 0 Å². The molecule has 5 aromatic rings. The fourth-order valence-corrected chi connectivity index (χ4v) is 4.17. The van der Waals surface area contributed by atoms with Crippen molar-refractivity contribution in [1.82, 2.24) is 9.88 Å². The van der Waals surface area contributed by atoms with E-state index in [-0.39, 0.29) is 11.4 Å². The van der Waals surface area contributed by atoms with Gasteiger partial charge in [0.2, 0.25) is 0 Å². The van der Waals surface area contributed by atoms with Gasteiger partial charge in [-0.15, -0.1) is 0 Å². The summed E-state index contributed by atoms with van der Waals surface area (Å²) in [5.41, 5.74) is 3.89. The number of aromatic nitrogens is 1. The Morgan fingerprint density at radius 1 is 0.800 bits per heavy atom. The van der Waals surface area contributed by atoms with Crippen LogP contribution in [0, 0.1) is 0 Å². The van der Waals surface area contributed by atoms with E-state index in [1.807, 2.05) is 43.4 Å². The predicted octanol–water partition coefficient (Wildman–Crippen LogP) is 5.45. The van der Waals surface area contributed by atoms with E-state index in [2.05, 4.69) is 27.3 Å². The second-order valence-corrected chi connectivity index (χ2v) is 8.24. The van der Waals surface area contributed by atoms with Crippen molar-refractivity contribution in [3.63, 3.8) is 0 Å². The minimum atomic E-state index is -0.502. The van der Waals surface area contributed by atoms with Gasteiger partial charge in [-0.3, -0.25) is 9.59 Å². The van der Waals surface area contributed by atoms with Crippen molar-refractivity contribution in [3.8, 4) is 5.75 Å². The highest BCUT2D eigenvalue weighted by molar-refractivity contribution is 6.12. The third-order valence-electron chi connectivity index (χ3n) is 5.88. The van der Waals surface area contributed by atoms with E-state index < -0.39 is 11.8 Å². The minimum absolute atomic E-state index is 0.0306. The van der Waals surface area contributed by atoms with Crippen LogP contribution in [-0.2, 0) is 11.8 Å². The summed E-state index contributed by atoms with van der Waals surface area (Å²) >= 11 is 0. The largest absolute Gasteiger partial charge is 0.508 e. The van der Waals surface area contributed by atoms with Crippen molar-refractivity contribution in [2.24, 2.45) is 7.05 Å². The van der Waals surface area contributed by atoms with Crippen LogP contribution < -0.4 is 10.6 Å². The topological polar surface area (TPSA) is 83.4 Å². The van der Waals surface area contributed by atoms with E-state index in [1.54, 1.807) is 42.5 Å². The average Bonchev–Trinajstić information content (AvgIpc) is 3.15. The predicted molar refractivity (Wildman–Crippen MR) is 139 cm³/mol. The summed E-state index contributed by atoms with van der Waals surface area (Å²) in [7, 11) is 2.02. The number of carbonyl (C=O) groups is 2. The Bertz CT molecular complexity index is 1600. The summed E-state index contributed by atoms with van der Waals surface area (Å²) in [6.45, 7) is 0. The van der Waals surface area contributed by atoms with Crippen LogP contribution in [0.4, 0.5) is 5.69 Å². The molecule has 172 valence electrons. The van der Waals surface area contributed by atoms with Crippen molar-refractivity contribution in [2.45, 2.75) is 0 Å². The second-order valence-electron chi connectivity index (χ2n) is 8.24. The molecule has 2 amide bonds. The zero-order chi connectivity index (χ0) is 24.4. The average molecular weight is 462 g/mol. The van der Waals surface area contributed by atoms with Crippen molar-refractivity contribution in [3.05, 3.63) is 114 Å². The first-order valence-electron chi connectivity index (χ1n) is 11.2. The Morgan fingerprint density at radius 3 is 2.34 bits per heavy atom. The Morgan fingerprint density at radius 2 is 1.54 bits per heavy atom. The first-order valence-corrected chi connectivity index (χ1v) is 11.2. The summed E-state index contributed by atoms with van der Waals surface area (Å²) in [5, 5.41) is 17.4. The highest BCUT2D eigenvalue weighted by atomic mass is 16.3. The Kier molecular flexibility index (Phi) is 5.77. The molecule has 0 saturated carbocycles. The number of nitrogens with zero attached hydrogens (tertiary/aromatic N) is 1. The third kappa shape index (κ3) is 4.50. The maximum atomic E-state index is 13.2. The van der Waals surface area contributed by atoms with Crippen LogP contribution in [0.1, 0.15) is 15.9 Å². The smallest absolute Gasteiger partial charge is 0.272 e. The van der Waals surface area contributed by atoms with Crippen molar-refractivity contribution >= 4 is 45.4 Å². The maximum absolute atomic E-state index is 13.2. The summed E-state index contributed by atoms with van der Waals surface area (Å²) in [6, 6.07) is 29.0. The normalized spacial score (nSPS) is 11.5. The van der Waals surface area contributed by atoms with Gasteiger partial charge in [0.15, 0.2) is 0 Å². The summed E-state index contributed by atoms with van der Waals surface area (Å²) in [6.07, 6.45) is 1.65. The van der Waals surface area contributed by atoms with E-state index in [0.29, 0.717) is 11.3 Å². The summed E-state index contributed by atoms with van der Waals surface area (Å²) < 4.78 is 2.13. The molecule has 0 aliphatic carbocycles. The number of benzene rings is 4. The molecule has 1 aromatic heterocycles. The van der Waals surface area contributed by atoms with Crippen LogP contribution in [-0.4, -0.2) is 21.5 Å². The number of phenolic OH excluding ortho intramolecular Hbond substituents is 1. The number of fused-ring (bicyclic) bond motifs is 3. The van der Waals surface area contributed by atoms with E-state index in [0.717, 1.165) is 27.4 Å². The monoisotopic (exact) mass is 461 g/mol. The van der Waals surface area contributed by atoms with Gasteiger partial charge in [-0.25, -0.2) is 0 Å². The molecule has 6 nitrogen and oxygen atoms in total. The van der Waals surface area contributed by atoms with Gasteiger partial charge >= 0.3 is 0 Å². The molecular formula is C29H23N3O3. The van der Waals surface area contributed by atoms with E-state index in [9.17, 15) is 14.7 Å². The standard InChI is InChI=1S/C29H23N3O3/c1-32-26-13-6-5-12-23(26)24-16-19(14-15-27(24)32)17-25(31-28(34)20-8-3-2-4-9-20)29(35)30-21-10-7-11-22(33)18-21/h2-18,33H,1H3,(H,30,35)(H,31,34)/b25-17-. The quantitative estimate of drug-likeness (QED) is 0.305. The highest BCUT2D eigenvalue weighted by Crippen LogP contribution is 2.29. The number of nitrogens with one attached hydrogen (secondary N) is 2. The third-order valence-corrected chi connectivity index (χ3v) is 5.88. The molecule has 4 aromatic carbocycles. The first kappa shape index (κ1) is 22.0. The molecule has 0 radical (unpaired) electrons. The molecule has 0 atom stereocenters. The number of aryl methyl sites for hydroxylation is 1. The van der Waals surface area contributed by atoms with Gasteiger partial charge in [0, 0.05) is 46.2 Å². The number of amides is 2. The van der Waals surface area contributed by atoms with Gasteiger partial charge in [-0.1, -0.05) is 48.5 Å². The van der Waals surface area contributed by atoms with Gasteiger partial charge in [0.1, 0.15) is 11.4 Å². The molecule has 1 heterocycles. The van der Waals surface area contributed by atoms with Crippen LogP contribution in [0.2, 0.25) is 0 Å². The lowest BCUT2D eigenvalue weighted by molar-refractivity contribution is -0.113. The SMILES string of the molecule is Cn1c2ccccc2c2cc(/C=C(\NC(=O)c3ccccc3)C(=O)Nc3cccc(O)c3)ccc21. The molecule has 0 bridgehead atoms. The van der Waals surface area contributed by atoms with E-state index in [1.165, 1.54) is 12.1 Å². The molecule has 0 fully saturated rings. The molecule has 3 N–H and O–H groups in total. The molecular weight excluding hydrogens is 438 g/mol. The fourth-order valence-electron chi connectivity index (χ4n) is 4.17. The second kappa shape index (κ2) is 9.19. The number of anilines is 1. The van der Waals surface area contributed by atoms with Crippen LogP contribution in [0.3, 0.4) is 0 Å². The molecule has 35 heavy (non-hydrogen) atoms. The van der Waals surface area contributed by atoms with Crippen LogP contribution in [0.5, 0.6) is 5.75 Å². The summed E-state index contributed by atoms with van der Waals surface area (Å²) in [5.74, 6) is -0.866. The zero-order valence-corrected chi connectivity index (χ0v) is 19.0. The first-order chi connectivity index (χ1) is 17.0. The molecule has 0 spiro atoms. The number of aromatic hydroxyl groups is 1. The van der Waals surface area contributed by atoms with Crippen molar-refractivity contribution < 1.29 is 14.7 Å². The lowest BCUT2D eigenvalue weighted by Gasteiger charge is -2.12. The van der Waals surface area contributed by atoms with Crippen LogP contribution in [0.25, 0.3) is 27.9 Å². The molecule has 0 aliphatic heterocycles. The van der Waals surface area contributed by atoms with Gasteiger partial charge in [0.25, 0.3) is 11.8 Å². The molecule has 0 saturated heterocycles. The Labute approximate surface area is 202 Å². The maximum Gasteiger partial charge on any atom is 0.272 e. The van der Waals surface area contributed by atoms with Crippen molar-refractivity contribution in [2.75, 3.05) is 5.32 Å². The van der Waals surface area contributed by atoms with E-state index >= 15 is 0 Å². The number of phenols is 1. The fraction of sp³-hybridized carbons (Fsp3) is 0.0345. The van der Waals surface area contributed by atoms with Gasteiger partial charge < -0.3 is 20.3 Å². The number of hydrogen-bond donors (Lipinski definition) is 3. The Balaban J connectivity index is 1.55. The van der Waals surface area contributed by atoms with Crippen molar-refractivity contribution in [1.29, 1.82) is 0 Å². The molecule has 0 aliphatic rings.